The summed E-state index contributed by atoms with van der Waals surface area (Å²) < 4.78 is 41.1. The minimum absolute atomic E-state index is 0.00413. The van der Waals surface area contributed by atoms with Crippen molar-refractivity contribution in [3.05, 3.63) is 63.9 Å². The lowest BCUT2D eigenvalue weighted by Crippen LogP contribution is -2.56. The van der Waals surface area contributed by atoms with Crippen molar-refractivity contribution >= 4 is 32.7 Å². The molecule has 6 aliphatic rings. The van der Waals surface area contributed by atoms with Gasteiger partial charge in [-0.25, -0.2) is 13.1 Å². The molecule has 2 bridgehead atoms. The number of sulfonamides is 1. The van der Waals surface area contributed by atoms with Crippen LogP contribution in [-0.4, -0.2) is 93.4 Å². The summed E-state index contributed by atoms with van der Waals surface area (Å²) in [4.78, 5) is 33.0. The van der Waals surface area contributed by atoms with E-state index in [-0.39, 0.29) is 42.2 Å². The van der Waals surface area contributed by atoms with Gasteiger partial charge in [-0.15, -0.1) is 0 Å². The topological polar surface area (TPSA) is 110 Å². The number of methoxy groups -OCH3 is 2. The summed E-state index contributed by atoms with van der Waals surface area (Å²) in [5, 5.41) is 1.04. The molecular weight excluding hydrogens is 628 g/mol. The summed E-state index contributed by atoms with van der Waals surface area (Å²) in [5.41, 5.74) is 6.52. The molecule has 3 aliphatic carbocycles. The van der Waals surface area contributed by atoms with E-state index in [9.17, 15) is 18.0 Å². The molecule has 2 amide bonds. The number of nitrogens with zero attached hydrogens (tertiary/aromatic N) is 3. The molecule has 11 heteroatoms. The molecule has 1 N–H and O–H groups in total. The molecule has 2 saturated heterocycles. The highest BCUT2D eigenvalue weighted by Gasteiger charge is 2.50. The van der Waals surface area contributed by atoms with Crippen molar-refractivity contribution in [3.63, 3.8) is 0 Å². The number of likely N-dealkylation sites (tertiary alicyclic amines) is 1. The lowest BCUT2D eigenvalue weighted by atomic mass is 9.75. The summed E-state index contributed by atoms with van der Waals surface area (Å²) >= 11 is 0. The van der Waals surface area contributed by atoms with Gasteiger partial charge >= 0.3 is 0 Å². The monoisotopic (exact) mass is 674 g/mol. The highest BCUT2D eigenvalue weighted by molar-refractivity contribution is 7.90. The number of nitrogens with one attached hydrogen (secondary N) is 1. The van der Waals surface area contributed by atoms with E-state index in [0.29, 0.717) is 24.5 Å². The van der Waals surface area contributed by atoms with Gasteiger partial charge in [-0.3, -0.25) is 9.59 Å². The van der Waals surface area contributed by atoms with Gasteiger partial charge in [0.25, 0.3) is 5.91 Å². The van der Waals surface area contributed by atoms with Gasteiger partial charge in [-0.1, -0.05) is 37.5 Å². The second-order valence-corrected chi connectivity index (χ2v) is 16.5. The molecule has 1 aromatic heterocycles. The molecule has 8 rings (SSSR count). The minimum atomic E-state index is -3.88. The van der Waals surface area contributed by atoms with E-state index in [1.165, 1.54) is 31.9 Å². The van der Waals surface area contributed by atoms with Crippen molar-refractivity contribution in [2.75, 3.05) is 46.7 Å². The summed E-state index contributed by atoms with van der Waals surface area (Å²) in [7, 11) is 1.40. The summed E-state index contributed by atoms with van der Waals surface area (Å²) in [5.74, 6) is -0.0933. The van der Waals surface area contributed by atoms with Gasteiger partial charge in [0.15, 0.2) is 0 Å². The molecule has 1 aromatic carbocycles. The van der Waals surface area contributed by atoms with Crippen molar-refractivity contribution in [1.82, 2.24) is 19.1 Å². The first-order valence-electron chi connectivity index (χ1n) is 17.6. The Morgan fingerprint density at radius 3 is 2.48 bits per heavy atom. The number of rotatable bonds is 8. The number of likely N-dealkylation sites (N-methyl/N-ethyl adjacent to an activating group) is 1. The normalized spacial score (nSPS) is 27.1. The zero-order chi connectivity index (χ0) is 33.3. The standard InChI is InChI=1S/C37H46N4O6S/c1-39-19-23-12-13-24(20-39)41(23)37(43)27-11-7-10-26-32(27)30-18-28-31(47-3)15-14-25(22-8-5-4-6-9-22)35(28)40(30)21-29-33(26)34(29)36(42)38-48(44,45)17-16-46-2/h7,10,14-15,18,22-24,27,32H,4-6,8-9,11-13,16-17,19-21H2,1-3H3,(H,38,42)/t23?,24?,27-,32?/m1/s1. The maximum absolute atomic E-state index is 14.8. The molecule has 2 aromatic rings. The van der Waals surface area contributed by atoms with E-state index in [2.05, 4.69) is 56.5 Å². The van der Waals surface area contributed by atoms with Gasteiger partial charge in [-0.2, -0.15) is 0 Å². The number of carbonyl (C=O) groups excluding carboxylic acids is 2. The minimum Gasteiger partial charge on any atom is -0.496 e. The highest BCUT2D eigenvalue weighted by Crippen LogP contribution is 2.55. The number of hydrogen-bond acceptors (Lipinski definition) is 7. The average molecular weight is 675 g/mol. The maximum atomic E-state index is 14.8. The Morgan fingerprint density at radius 2 is 1.77 bits per heavy atom. The van der Waals surface area contributed by atoms with E-state index >= 15 is 0 Å². The van der Waals surface area contributed by atoms with Gasteiger partial charge in [0.05, 0.1) is 36.5 Å². The van der Waals surface area contributed by atoms with Gasteiger partial charge < -0.3 is 23.8 Å². The molecule has 0 radical (unpaired) electrons. The van der Waals surface area contributed by atoms with E-state index in [1.54, 1.807) is 7.11 Å². The smallest absolute Gasteiger partial charge is 0.265 e. The molecule has 4 heterocycles. The molecule has 0 spiro atoms. The van der Waals surface area contributed by atoms with Gasteiger partial charge in [0.2, 0.25) is 15.9 Å². The van der Waals surface area contributed by atoms with Crippen LogP contribution in [0, 0.1) is 5.92 Å². The van der Waals surface area contributed by atoms with Crippen molar-refractivity contribution in [3.8, 4) is 5.75 Å². The number of aromatic nitrogens is 1. The SMILES string of the molecule is COCCS(=O)(=O)NC(=O)C1=C2Cn3c(cc4c(OC)ccc(C5CCCCC5)c43)C3C(=C21)C=CC[C@H]3C(=O)N1C2CCC1CN(C)C2. The quantitative estimate of drug-likeness (QED) is 0.443. The third-order valence-electron chi connectivity index (χ3n) is 11.8. The van der Waals surface area contributed by atoms with E-state index < -0.39 is 15.9 Å². The first kappa shape index (κ1) is 31.8. The predicted molar refractivity (Wildman–Crippen MR) is 183 cm³/mol. The van der Waals surface area contributed by atoms with E-state index in [1.807, 2.05) is 0 Å². The maximum Gasteiger partial charge on any atom is 0.265 e. The van der Waals surface area contributed by atoms with Crippen LogP contribution < -0.4 is 9.46 Å². The van der Waals surface area contributed by atoms with Crippen LogP contribution in [-0.2, 0) is 30.9 Å². The third kappa shape index (κ3) is 5.24. The Balaban J connectivity index is 1.28. The van der Waals surface area contributed by atoms with Crippen LogP contribution in [0.1, 0.15) is 74.5 Å². The molecule has 3 fully saturated rings. The number of amides is 2. The Morgan fingerprint density at radius 1 is 1.02 bits per heavy atom. The lowest BCUT2D eigenvalue weighted by Gasteiger charge is -2.43. The number of piperazine rings is 1. The lowest BCUT2D eigenvalue weighted by molar-refractivity contribution is -0.141. The molecule has 48 heavy (non-hydrogen) atoms. The fourth-order valence-corrected chi connectivity index (χ4v) is 10.5. The molecular formula is C37H46N4O6S. The van der Waals surface area contributed by atoms with Gasteiger partial charge in [-0.05, 0) is 79.5 Å². The van der Waals surface area contributed by atoms with Gasteiger partial charge in [0, 0.05) is 55.8 Å². The number of carbonyl (C=O) groups is 2. The van der Waals surface area contributed by atoms with E-state index in [0.717, 1.165) is 77.8 Å². The van der Waals surface area contributed by atoms with Crippen LogP contribution in [0.25, 0.3) is 10.9 Å². The number of hydrogen-bond donors (Lipinski definition) is 1. The fraction of sp³-hybridized carbons (Fsp3) is 0.568. The van der Waals surface area contributed by atoms with Crippen LogP contribution in [0.15, 0.2) is 52.6 Å². The molecule has 4 atom stereocenters. The van der Waals surface area contributed by atoms with Crippen LogP contribution in [0.4, 0.5) is 0 Å². The molecule has 3 aliphatic heterocycles. The van der Waals surface area contributed by atoms with Crippen LogP contribution in [0.2, 0.25) is 0 Å². The Bertz CT molecular complexity index is 1870. The zero-order valence-corrected chi connectivity index (χ0v) is 29.0. The Kier molecular flexibility index (Phi) is 8.07. The first-order chi connectivity index (χ1) is 23.2. The first-order valence-corrected chi connectivity index (χ1v) is 19.2. The number of benzene rings is 1. The van der Waals surface area contributed by atoms with Crippen molar-refractivity contribution in [2.45, 2.75) is 81.8 Å². The number of ether oxygens (including phenoxy) is 2. The molecule has 3 unspecified atom stereocenters. The second-order valence-electron chi connectivity index (χ2n) is 14.6. The average Bonchev–Trinajstić information content (AvgIpc) is 3.61. The largest absolute Gasteiger partial charge is 0.496 e. The summed E-state index contributed by atoms with van der Waals surface area (Å²) in [6.45, 7) is 2.21. The predicted octanol–water partition coefficient (Wildman–Crippen LogP) is 4.38. The van der Waals surface area contributed by atoms with Crippen LogP contribution in [0.5, 0.6) is 5.75 Å². The molecule has 256 valence electrons. The third-order valence-corrected chi connectivity index (χ3v) is 13.0. The van der Waals surface area contributed by atoms with Gasteiger partial charge in [0.1, 0.15) is 5.75 Å². The second kappa shape index (κ2) is 12.2. The van der Waals surface area contributed by atoms with Crippen molar-refractivity contribution in [2.24, 2.45) is 5.92 Å². The zero-order valence-electron chi connectivity index (χ0n) is 28.2. The molecule has 1 saturated carbocycles. The Hall–Kier alpha value is -3.41. The fourth-order valence-electron chi connectivity index (χ4n) is 9.61. The van der Waals surface area contributed by atoms with E-state index in [4.69, 9.17) is 9.47 Å². The summed E-state index contributed by atoms with van der Waals surface area (Å²) in [6, 6.07) is 6.97. The van der Waals surface area contributed by atoms with Crippen molar-refractivity contribution in [1.29, 1.82) is 0 Å². The molecule has 10 nitrogen and oxygen atoms in total. The number of allylic oxidation sites excluding steroid dienone is 4. The summed E-state index contributed by atoms with van der Waals surface area (Å²) in [6.07, 6.45) is 12.7. The Labute approximate surface area is 282 Å². The van der Waals surface area contributed by atoms with Crippen LogP contribution in [0.3, 0.4) is 0 Å². The van der Waals surface area contributed by atoms with Crippen molar-refractivity contribution < 1.29 is 27.5 Å². The van der Waals surface area contributed by atoms with Crippen LogP contribution >= 0.6 is 0 Å². The number of fused-ring (bicyclic) bond motifs is 8. The highest BCUT2D eigenvalue weighted by atomic mass is 32.2.